The van der Waals surface area contributed by atoms with Crippen LogP contribution in [0.2, 0.25) is 0 Å². The molecule has 0 unspecified atom stereocenters. The normalized spacial score (nSPS) is 10.7. The number of halogens is 1. The third kappa shape index (κ3) is 3.63. The highest BCUT2D eigenvalue weighted by Gasteiger charge is 2.08. The van der Waals surface area contributed by atoms with Crippen molar-refractivity contribution in [2.24, 2.45) is 5.10 Å². The molecule has 0 aliphatic rings. The van der Waals surface area contributed by atoms with E-state index in [1.165, 1.54) is 30.5 Å². The van der Waals surface area contributed by atoms with Crippen LogP contribution in [0.25, 0.3) is 0 Å². The van der Waals surface area contributed by atoms with Gasteiger partial charge in [-0.25, -0.2) is 5.43 Å². The summed E-state index contributed by atoms with van der Waals surface area (Å²) in [5.41, 5.74) is 2.51. The Balaban J connectivity index is 1.98. The van der Waals surface area contributed by atoms with Crippen LogP contribution in [0.15, 0.2) is 45.9 Å². The molecule has 0 saturated heterocycles. The summed E-state index contributed by atoms with van der Waals surface area (Å²) in [6.45, 7) is 0. The zero-order valence-corrected chi connectivity index (χ0v) is 12.1. The Bertz CT molecular complexity index is 664. The van der Waals surface area contributed by atoms with Gasteiger partial charge in [0, 0.05) is 17.7 Å². The number of nitrogens with zero attached hydrogens (tertiary/aromatic N) is 2. The Morgan fingerprint density at radius 2 is 2.00 bits per heavy atom. The zero-order valence-electron chi connectivity index (χ0n) is 9.95. The fourth-order valence-corrected chi connectivity index (χ4v) is 1.79. The van der Waals surface area contributed by atoms with E-state index in [1.807, 2.05) is 22.6 Å². The van der Waals surface area contributed by atoms with Crippen LogP contribution in [0.5, 0.6) is 0 Å². The van der Waals surface area contributed by atoms with Gasteiger partial charge in [0.25, 0.3) is 11.6 Å². The van der Waals surface area contributed by atoms with Crippen molar-refractivity contribution in [1.29, 1.82) is 0 Å². The summed E-state index contributed by atoms with van der Waals surface area (Å²) in [6, 6.07) is 8.71. The van der Waals surface area contributed by atoms with Crippen molar-refractivity contribution in [3.05, 3.63) is 61.6 Å². The number of furan rings is 1. The van der Waals surface area contributed by atoms with E-state index >= 15 is 0 Å². The lowest BCUT2D eigenvalue weighted by Gasteiger charge is -1.98. The van der Waals surface area contributed by atoms with E-state index in [0.29, 0.717) is 9.53 Å². The van der Waals surface area contributed by atoms with E-state index in [-0.39, 0.29) is 11.3 Å². The molecule has 1 N–H and O–H groups in total. The first-order chi connectivity index (χ1) is 9.56. The molecular weight excluding hydrogens is 377 g/mol. The van der Waals surface area contributed by atoms with Crippen molar-refractivity contribution in [2.75, 3.05) is 0 Å². The van der Waals surface area contributed by atoms with E-state index in [0.717, 1.165) is 0 Å². The summed E-state index contributed by atoms with van der Waals surface area (Å²) in [4.78, 5) is 21.6. The van der Waals surface area contributed by atoms with Crippen molar-refractivity contribution in [1.82, 2.24) is 5.43 Å². The number of amides is 1. The van der Waals surface area contributed by atoms with Gasteiger partial charge in [-0.3, -0.25) is 14.9 Å². The van der Waals surface area contributed by atoms with Gasteiger partial charge in [0.05, 0.1) is 11.1 Å². The zero-order chi connectivity index (χ0) is 14.5. The van der Waals surface area contributed by atoms with Crippen molar-refractivity contribution < 1.29 is 14.1 Å². The molecule has 1 heterocycles. The number of nitro groups is 1. The van der Waals surface area contributed by atoms with Gasteiger partial charge in [0.15, 0.2) is 3.77 Å². The maximum atomic E-state index is 11.7. The van der Waals surface area contributed by atoms with Gasteiger partial charge in [0.2, 0.25) is 0 Å². The van der Waals surface area contributed by atoms with Gasteiger partial charge >= 0.3 is 0 Å². The number of nitrogens with one attached hydrogen (secondary N) is 1. The third-order valence-corrected chi connectivity index (χ3v) is 2.87. The molecule has 0 spiro atoms. The Morgan fingerprint density at radius 3 is 2.55 bits per heavy atom. The molecule has 0 atom stereocenters. The monoisotopic (exact) mass is 385 g/mol. The van der Waals surface area contributed by atoms with Crippen molar-refractivity contribution in [3.8, 4) is 0 Å². The maximum Gasteiger partial charge on any atom is 0.271 e. The molecule has 0 aliphatic heterocycles. The highest BCUT2D eigenvalue weighted by Crippen LogP contribution is 2.11. The van der Waals surface area contributed by atoms with Crippen LogP contribution in [0.4, 0.5) is 5.69 Å². The molecular formula is C12H8IN3O4. The minimum absolute atomic E-state index is 0.0739. The number of hydrogen-bond donors (Lipinski definition) is 1. The highest BCUT2D eigenvalue weighted by molar-refractivity contribution is 14.1. The number of hydrogen-bond acceptors (Lipinski definition) is 5. The minimum Gasteiger partial charge on any atom is -0.449 e. The van der Waals surface area contributed by atoms with Crippen LogP contribution in [-0.4, -0.2) is 17.0 Å². The molecule has 0 fully saturated rings. The summed E-state index contributed by atoms with van der Waals surface area (Å²) in [5, 5.41) is 14.2. The lowest BCUT2D eigenvalue weighted by atomic mass is 10.2. The second kappa shape index (κ2) is 6.28. The lowest BCUT2D eigenvalue weighted by Crippen LogP contribution is -2.17. The first kappa shape index (κ1) is 14.2. The fraction of sp³-hybridized carbons (Fsp3) is 0. The number of rotatable bonds is 4. The Morgan fingerprint density at radius 1 is 1.30 bits per heavy atom. The SMILES string of the molecule is O=C(NN=Cc1ccc(I)o1)c1ccc([N+](=O)[O-])cc1. The molecule has 20 heavy (non-hydrogen) atoms. The number of benzene rings is 1. The molecule has 2 rings (SSSR count). The van der Waals surface area contributed by atoms with Gasteiger partial charge in [-0.15, -0.1) is 0 Å². The van der Waals surface area contributed by atoms with Crippen LogP contribution >= 0.6 is 22.6 Å². The largest absolute Gasteiger partial charge is 0.449 e. The second-order valence-corrected chi connectivity index (χ2v) is 4.71. The highest BCUT2D eigenvalue weighted by atomic mass is 127. The predicted octanol–water partition coefficient (Wildman–Crippen LogP) is 2.56. The minimum atomic E-state index is -0.529. The van der Waals surface area contributed by atoms with Gasteiger partial charge < -0.3 is 4.42 Å². The topological polar surface area (TPSA) is 97.7 Å². The number of non-ortho nitro benzene ring substituents is 1. The van der Waals surface area contributed by atoms with Gasteiger partial charge in [-0.2, -0.15) is 5.10 Å². The van der Waals surface area contributed by atoms with Crippen molar-refractivity contribution in [2.45, 2.75) is 0 Å². The summed E-state index contributed by atoms with van der Waals surface area (Å²) in [5.74, 6) is 0.0517. The summed E-state index contributed by atoms with van der Waals surface area (Å²) < 4.78 is 5.94. The number of hydrazone groups is 1. The van der Waals surface area contributed by atoms with Crippen LogP contribution in [0, 0.1) is 13.9 Å². The van der Waals surface area contributed by atoms with Crippen LogP contribution in [-0.2, 0) is 0 Å². The Labute approximate surface area is 127 Å². The number of carbonyl (C=O) groups excluding carboxylic acids is 1. The Kier molecular flexibility index (Phi) is 4.45. The molecule has 0 aliphatic carbocycles. The maximum absolute atomic E-state index is 11.7. The number of carbonyl (C=O) groups is 1. The van der Waals surface area contributed by atoms with Crippen molar-refractivity contribution >= 4 is 40.4 Å². The molecule has 0 radical (unpaired) electrons. The average molecular weight is 385 g/mol. The molecule has 0 saturated carbocycles. The standard InChI is InChI=1S/C12H8IN3O4/c13-11-6-5-10(20-11)7-14-15-12(17)8-1-3-9(4-2-8)16(18)19/h1-7H,(H,15,17). The van der Waals surface area contributed by atoms with E-state index in [9.17, 15) is 14.9 Å². The molecule has 1 aromatic heterocycles. The van der Waals surface area contributed by atoms with Crippen LogP contribution in [0.3, 0.4) is 0 Å². The molecule has 2 aromatic rings. The molecule has 8 heteroatoms. The molecule has 0 bridgehead atoms. The predicted molar refractivity (Wildman–Crippen MR) is 79.6 cm³/mol. The summed E-state index contributed by atoms with van der Waals surface area (Å²) in [7, 11) is 0. The quantitative estimate of drug-likeness (QED) is 0.379. The van der Waals surface area contributed by atoms with Crippen molar-refractivity contribution in [3.63, 3.8) is 0 Å². The molecule has 102 valence electrons. The summed E-state index contributed by atoms with van der Waals surface area (Å²) >= 11 is 2.01. The van der Waals surface area contributed by atoms with Crippen LogP contribution in [0.1, 0.15) is 16.1 Å². The first-order valence-corrected chi connectivity index (χ1v) is 6.47. The second-order valence-electron chi connectivity index (χ2n) is 3.64. The van der Waals surface area contributed by atoms with Gasteiger partial charge in [-0.05, 0) is 46.9 Å². The fourth-order valence-electron chi connectivity index (χ4n) is 1.35. The first-order valence-electron chi connectivity index (χ1n) is 5.39. The summed E-state index contributed by atoms with van der Waals surface area (Å²) in [6.07, 6.45) is 1.37. The molecule has 1 aromatic carbocycles. The van der Waals surface area contributed by atoms with Gasteiger partial charge in [0.1, 0.15) is 5.76 Å². The number of nitro benzene ring substituents is 1. The van der Waals surface area contributed by atoms with Crippen LogP contribution < -0.4 is 5.43 Å². The molecule has 1 amide bonds. The Hall–Kier alpha value is -2.23. The lowest BCUT2D eigenvalue weighted by molar-refractivity contribution is -0.384. The van der Waals surface area contributed by atoms with E-state index in [2.05, 4.69) is 10.5 Å². The van der Waals surface area contributed by atoms with E-state index < -0.39 is 10.8 Å². The molecule has 7 nitrogen and oxygen atoms in total. The van der Waals surface area contributed by atoms with E-state index in [1.54, 1.807) is 12.1 Å². The average Bonchev–Trinajstić information content (AvgIpc) is 2.84. The smallest absolute Gasteiger partial charge is 0.271 e. The van der Waals surface area contributed by atoms with E-state index in [4.69, 9.17) is 4.42 Å². The van der Waals surface area contributed by atoms with Gasteiger partial charge in [-0.1, -0.05) is 0 Å². The third-order valence-electron chi connectivity index (χ3n) is 2.29.